The van der Waals surface area contributed by atoms with Crippen LogP contribution in [0.2, 0.25) is 0 Å². The molecule has 7 heteroatoms. The molecule has 7 nitrogen and oxygen atoms in total. The van der Waals surface area contributed by atoms with Crippen LogP contribution in [0.3, 0.4) is 0 Å². The molecule has 1 aromatic heterocycles. The third kappa shape index (κ3) is 3.45. The number of allylic oxidation sites excluding steroid dienone is 2. The lowest BCUT2D eigenvalue weighted by molar-refractivity contribution is -0.160. The zero-order valence-corrected chi connectivity index (χ0v) is 14.9. The number of aromatic nitrogens is 3. The van der Waals surface area contributed by atoms with Crippen molar-refractivity contribution in [3.05, 3.63) is 23.8 Å². The number of hydrogen-bond donors (Lipinski definition) is 2. The van der Waals surface area contributed by atoms with Gasteiger partial charge < -0.3 is 10.0 Å². The molecule has 0 radical (unpaired) electrons. The number of hydrogen-bond acceptors (Lipinski definition) is 4. The molecule has 0 atom stereocenters. The monoisotopic (exact) mass is 346 g/mol. The number of aliphatic carboxylic acids is 1. The molecule has 25 heavy (non-hydrogen) atoms. The summed E-state index contributed by atoms with van der Waals surface area (Å²) in [6.07, 6.45) is 6.77. The van der Waals surface area contributed by atoms with E-state index < -0.39 is 11.4 Å². The van der Waals surface area contributed by atoms with Gasteiger partial charge >= 0.3 is 5.97 Å². The molecular weight excluding hydrogens is 320 g/mol. The number of carboxylic acids is 1. The Bertz CT molecular complexity index is 664. The third-order valence-corrected chi connectivity index (χ3v) is 5.37. The van der Waals surface area contributed by atoms with Gasteiger partial charge in [0, 0.05) is 25.4 Å². The number of carbonyl (C=O) groups is 2. The van der Waals surface area contributed by atoms with Gasteiger partial charge in [-0.25, -0.2) is 4.98 Å². The van der Waals surface area contributed by atoms with Crippen LogP contribution >= 0.6 is 0 Å². The fraction of sp³-hybridized carbons (Fsp3) is 0.667. The van der Waals surface area contributed by atoms with Gasteiger partial charge in [-0.1, -0.05) is 26.0 Å². The molecule has 2 aliphatic rings. The van der Waals surface area contributed by atoms with Gasteiger partial charge in [0.2, 0.25) is 5.91 Å². The average molecular weight is 346 g/mol. The van der Waals surface area contributed by atoms with Gasteiger partial charge in [0.05, 0.1) is 0 Å². The number of amides is 1. The number of aromatic amines is 1. The van der Waals surface area contributed by atoms with E-state index in [1.165, 1.54) is 0 Å². The van der Waals surface area contributed by atoms with E-state index in [9.17, 15) is 14.7 Å². The Balaban J connectivity index is 1.56. The van der Waals surface area contributed by atoms with Gasteiger partial charge in [-0.15, -0.1) is 0 Å². The second-order valence-electron chi connectivity index (χ2n) is 7.50. The first-order chi connectivity index (χ1) is 11.9. The van der Waals surface area contributed by atoms with E-state index in [4.69, 9.17) is 0 Å². The summed E-state index contributed by atoms with van der Waals surface area (Å²) >= 11 is 0. The van der Waals surface area contributed by atoms with E-state index in [0.29, 0.717) is 37.8 Å². The van der Waals surface area contributed by atoms with Gasteiger partial charge in [-0.3, -0.25) is 14.7 Å². The molecule has 2 N–H and O–H groups in total. The summed E-state index contributed by atoms with van der Waals surface area (Å²) in [5.74, 6) is 1.24. The van der Waals surface area contributed by atoms with Gasteiger partial charge in [0.15, 0.2) is 11.2 Å². The van der Waals surface area contributed by atoms with Crippen LogP contribution in [-0.2, 0) is 16.0 Å². The maximum atomic E-state index is 12.8. The SMILES string of the molecule is CC(C)c1n[nH]c(CC2CCN(C(=O)C3(C(=O)O)CC=CC3)CC2)n1. The first-order valence-electron chi connectivity index (χ1n) is 9.01. The molecule has 0 aromatic carbocycles. The molecule has 1 aliphatic heterocycles. The Morgan fingerprint density at radius 1 is 1.32 bits per heavy atom. The van der Waals surface area contributed by atoms with Crippen molar-refractivity contribution in [2.24, 2.45) is 11.3 Å². The summed E-state index contributed by atoms with van der Waals surface area (Å²) in [5, 5.41) is 16.8. The molecule has 1 aliphatic carbocycles. The van der Waals surface area contributed by atoms with E-state index in [0.717, 1.165) is 30.9 Å². The molecule has 136 valence electrons. The topological polar surface area (TPSA) is 99.2 Å². The lowest BCUT2D eigenvalue weighted by Gasteiger charge is -2.36. The number of carboxylic acid groups (broad SMARTS) is 1. The second kappa shape index (κ2) is 6.98. The quantitative estimate of drug-likeness (QED) is 0.628. The molecule has 3 rings (SSSR count). The van der Waals surface area contributed by atoms with Crippen LogP contribution in [0.4, 0.5) is 0 Å². The number of nitrogens with one attached hydrogen (secondary N) is 1. The normalized spacial score (nSPS) is 20.4. The van der Waals surface area contributed by atoms with Crippen molar-refractivity contribution in [1.82, 2.24) is 20.1 Å². The number of H-pyrrole nitrogens is 1. The van der Waals surface area contributed by atoms with Crippen LogP contribution in [0.15, 0.2) is 12.2 Å². The van der Waals surface area contributed by atoms with E-state index in [1.807, 2.05) is 0 Å². The lowest BCUT2D eigenvalue weighted by atomic mass is 9.82. The van der Waals surface area contributed by atoms with Crippen molar-refractivity contribution in [2.75, 3.05) is 13.1 Å². The summed E-state index contributed by atoms with van der Waals surface area (Å²) in [6, 6.07) is 0. The van der Waals surface area contributed by atoms with Crippen molar-refractivity contribution in [3.63, 3.8) is 0 Å². The van der Waals surface area contributed by atoms with Crippen molar-refractivity contribution < 1.29 is 14.7 Å². The minimum Gasteiger partial charge on any atom is -0.480 e. The van der Waals surface area contributed by atoms with E-state index in [2.05, 4.69) is 29.0 Å². The Kier molecular flexibility index (Phi) is 4.92. The first-order valence-corrected chi connectivity index (χ1v) is 9.01. The van der Waals surface area contributed by atoms with E-state index >= 15 is 0 Å². The molecule has 1 aromatic rings. The summed E-state index contributed by atoms with van der Waals surface area (Å²) in [5.41, 5.74) is -1.27. The van der Waals surface area contributed by atoms with Crippen LogP contribution in [0.25, 0.3) is 0 Å². The Labute approximate surface area is 147 Å². The number of nitrogens with zero attached hydrogens (tertiary/aromatic N) is 3. The standard InChI is InChI=1S/C18H26N4O3/c1-12(2)15-19-14(20-21-15)11-13-5-9-22(10-6-13)16(23)18(17(24)25)7-3-4-8-18/h3-4,12-13H,5-11H2,1-2H3,(H,24,25)(H,19,20,21). The highest BCUT2D eigenvalue weighted by Crippen LogP contribution is 2.37. The maximum absolute atomic E-state index is 12.8. The molecule has 0 spiro atoms. The van der Waals surface area contributed by atoms with Crippen molar-refractivity contribution in [2.45, 2.75) is 51.9 Å². The first kappa shape index (κ1) is 17.6. The summed E-state index contributed by atoms with van der Waals surface area (Å²) in [6.45, 7) is 5.36. The van der Waals surface area contributed by atoms with Crippen LogP contribution in [0.1, 0.15) is 57.1 Å². The van der Waals surface area contributed by atoms with Gasteiger partial charge in [0.25, 0.3) is 0 Å². The highest BCUT2D eigenvalue weighted by atomic mass is 16.4. The molecule has 0 unspecified atom stereocenters. The Morgan fingerprint density at radius 3 is 2.48 bits per heavy atom. The van der Waals surface area contributed by atoms with Crippen LogP contribution in [0, 0.1) is 11.3 Å². The molecule has 1 saturated heterocycles. The minimum atomic E-state index is -1.27. The highest BCUT2D eigenvalue weighted by Gasteiger charge is 2.48. The van der Waals surface area contributed by atoms with Gasteiger partial charge in [0.1, 0.15) is 5.82 Å². The molecular formula is C18H26N4O3. The zero-order chi connectivity index (χ0) is 18.0. The largest absolute Gasteiger partial charge is 0.480 e. The third-order valence-electron chi connectivity index (χ3n) is 5.37. The molecule has 2 heterocycles. The second-order valence-corrected chi connectivity index (χ2v) is 7.50. The number of rotatable bonds is 5. The van der Waals surface area contributed by atoms with Crippen LogP contribution < -0.4 is 0 Å². The fourth-order valence-electron chi connectivity index (χ4n) is 3.67. The average Bonchev–Trinajstić information content (AvgIpc) is 3.25. The summed E-state index contributed by atoms with van der Waals surface area (Å²) < 4.78 is 0. The predicted octanol–water partition coefficient (Wildman–Crippen LogP) is 2.13. The molecule has 1 fully saturated rings. The number of piperidine rings is 1. The lowest BCUT2D eigenvalue weighted by Crippen LogP contribution is -2.50. The smallest absolute Gasteiger partial charge is 0.319 e. The maximum Gasteiger partial charge on any atom is 0.319 e. The highest BCUT2D eigenvalue weighted by molar-refractivity contribution is 6.02. The van der Waals surface area contributed by atoms with Crippen molar-refractivity contribution >= 4 is 11.9 Å². The van der Waals surface area contributed by atoms with E-state index in [-0.39, 0.29) is 5.91 Å². The van der Waals surface area contributed by atoms with Crippen LogP contribution in [0.5, 0.6) is 0 Å². The summed E-state index contributed by atoms with van der Waals surface area (Å²) in [4.78, 5) is 30.7. The summed E-state index contributed by atoms with van der Waals surface area (Å²) in [7, 11) is 0. The van der Waals surface area contributed by atoms with Gasteiger partial charge in [-0.2, -0.15) is 5.10 Å². The Hall–Kier alpha value is -2.18. The predicted molar refractivity (Wildman–Crippen MR) is 91.9 cm³/mol. The molecule has 1 amide bonds. The fourth-order valence-corrected chi connectivity index (χ4v) is 3.67. The van der Waals surface area contributed by atoms with Crippen LogP contribution in [-0.4, -0.2) is 50.2 Å². The molecule has 0 saturated carbocycles. The minimum absolute atomic E-state index is 0.231. The van der Waals surface area contributed by atoms with Crippen molar-refractivity contribution in [3.8, 4) is 0 Å². The van der Waals surface area contributed by atoms with Gasteiger partial charge in [-0.05, 0) is 31.6 Å². The number of likely N-dealkylation sites (tertiary alicyclic amines) is 1. The van der Waals surface area contributed by atoms with Crippen molar-refractivity contribution in [1.29, 1.82) is 0 Å². The van der Waals surface area contributed by atoms with E-state index in [1.54, 1.807) is 17.1 Å². The molecule has 0 bridgehead atoms. The Morgan fingerprint density at radius 2 is 1.96 bits per heavy atom. The zero-order valence-electron chi connectivity index (χ0n) is 14.9. The number of carbonyl (C=O) groups excluding carboxylic acids is 1.